The van der Waals surface area contributed by atoms with Crippen LogP contribution in [0.4, 0.5) is 5.69 Å². The smallest absolute Gasteiger partial charge is 0.242 e. The van der Waals surface area contributed by atoms with Crippen molar-refractivity contribution in [2.24, 2.45) is 0 Å². The highest BCUT2D eigenvalue weighted by Crippen LogP contribution is 2.27. The highest BCUT2D eigenvalue weighted by molar-refractivity contribution is 5.82. The number of likely N-dealkylation sites (tertiary alicyclic amines) is 1. The monoisotopic (exact) mass is 287 g/mol. The second-order valence-electron chi connectivity index (χ2n) is 5.51. The van der Waals surface area contributed by atoms with Gasteiger partial charge in [-0.15, -0.1) is 0 Å². The molecule has 5 heteroatoms. The zero-order chi connectivity index (χ0) is 15.4. The summed E-state index contributed by atoms with van der Waals surface area (Å²) in [6.45, 7) is 3.60. The minimum absolute atomic E-state index is 0.0916. The molecule has 0 unspecified atom stereocenters. The molecule has 1 aliphatic rings. The van der Waals surface area contributed by atoms with Gasteiger partial charge < -0.3 is 14.9 Å². The van der Waals surface area contributed by atoms with Crippen LogP contribution < -0.4 is 4.90 Å². The molecular formula is C16H21N3O2. The molecule has 1 N–H and O–H groups in total. The molecule has 0 aliphatic carbocycles. The second kappa shape index (κ2) is 6.59. The van der Waals surface area contributed by atoms with Crippen molar-refractivity contribution in [1.29, 1.82) is 5.26 Å². The van der Waals surface area contributed by atoms with Crippen molar-refractivity contribution in [3.63, 3.8) is 0 Å². The van der Waals surface area contributed by atoms with Crippen LogP contribution >= 0.6 is 0 Å². The van der Waals surface area contributed by atoms with Gasteiger partial charge in [0, 0.05) is 31.4 Å². The van der Waals surface area contributed by atoms with Gasteiger partial charge in [0.15, 0.2) is 0 Å². The first-order valence-corrected chi connectivity index (χ1v) is 7.24. The summed E-state index contributed by atoms with van der Waals surface area (Å²) in [5, 5.41) is 18.9. The molecule has 1 fully saturated rings. The first-order chi connectivity index (χ1) is 10.0. The van der Waals surface area contributed by atoms with Crippen molar-refractivity contribution < 1.29 is 9.90 Å². The summed E-state index contributed by atoms with van der Waals surface area (Å²) in [5.41, 5.74) is 1.98. The zero-order valence-corrected chi connectivity index (χ0v) is 12.5. The summed E-state index contributed by atoms with van der Waals surface area (Å²) < 4.78 is 0. The van der Waals surface area contributed by atoms with Gasteiger partial charge in [0.2, 0.25) is 5.91 Å². The van der Waals surface area contributed by atoms with E-state index in [4.69, 9.17) is 5.26 Å². The Hall–Kier alpha value is -2.06. The second-order valence-corrected chi connectivity index (χ2v) is 5.51. The number of nitrogens with zero attached hydrogens (tertiary/aromatic N) is 3. The van der Waals surface area contributed by atoms with Crippen molar-refractivity contribution in [1.82, 2.24) is 4.90 Å². The van der Waals surface area contributed by atoms with E-state index in [1.807, 2.05) is 16.8 Å². The number of benzene rings is 1. The largest absolute Gasteiger partial charge is 0.389 e. The Morgan fingerprint density at radius 1 is 1.48 bits per heavy atom. The highest BCUT2D eigenvalue weighted by atomic mass is 16.3. The summed E-state index contributed by atoms with van der Waals surface area (Å²) in [6.07, 6.45) is 1.49. The molecule has 1 heterocycles. The summed E-state index contributed by atoms with van der Waals surface area (Å²) in [4.78, 5) is 15.9. The van der Waals surface area contributed by atoms with Crippen LogP contribution in [0.1, 0.15) is 37.0 Å². The lowest BCUT2D eigenvalue weighted by Crippen LogP contribution is -2.37. The third-order valence-electron chi connectivity index (χ3n) is 3.85. The molecule has 1 amide bonds. The molecule has 0 radical (unpaired) electrons. The Kier molecular flexibility index (Phi) is 4.81. The lowest BCUT2D eigenvalue weighted by Gasteiger charge is -2.25. The number of carbonyl (C=O) groups excluding carboxylic acids is 1. The zero-order valence-electron chi connectivity index (χ0n) is 12.5. The molecule has 1 aromatic carbocycles. The Morgan fingerprint density at radius 2 is 2.14 bits per heavy atom. The number of rotatable bonds is 4. The molecule has 21 heavy (non-hydrogen) atoms. The van der Waals surface area contributed by atoms with E-state index in [0.717, 1.165) is 37.2 Å². The van der Waals surface area contributed by atoms with Gasteiger partial charge in [-0.3, -0.25) is 4.79 Å². The number of aliphatic hydroxyl groups excluding tert-OH is 1. The standard InChI is InChI=1S/C16H21N3O2/c1-12(20)14-6-5-13(10-17)9-15(14)18(2)11-16(21)19-7-3-4-8-19/h5-6,9,12,20H,3-4,7-8,11H2,1-2H3/t12-/m0/s1. The van der Waals surface area contributed by atoms with E-state index in [2.05, 4.69) is 6.07 Å². The molecule has 5 nitrogen and oxygen atoms in total. The maximum Gasteiger partial charge on any atom is 0.242 e. The fraction of sp³-hybridized carbons (Fsp3) is 0.500. The third kappa shape index (κ3) is 3.53. The van der Waals surface area contributed by atoms with Gasteiger partial charge in [0.1, 0.15) is 0 Å². The number of amides is 1. The SMILES string of the molecule is C[C@H](O)c1ccc(C#N)cc1N(C)CC(=O)N1CCCC1. The van der Waals surface area contributed by atoms with Crippen molar-refractivity contribution in [2.45, 2.75) is 25.9 Å². The lowest BCUT2D eigenvalue weighted by atomic mass is 10.0. The van der Waals surface area contributed by atoms with Crippen LogP contribution in [-0.4, -0.2) is 42.6 Å². The molecule has 1 aliphatic heterocycles. The molecular weight excluding hydrogens is 266 g/mol. The molecule has 0 bridgehead atoms. The maximum absolute atomic E-state index is 12.2. The third-order valence-corrected chi connectivity index (χ3v) is 3.85. The Labute approximate surface area is 125 Å². The molecule has 1 aromatic rings. The first-order valence-electron chi connectivity index (χ1n) is 7.24. The summed E-state index contributed by atoms with van der Waals surface area (Å²) in [7, 11) is 1.82. The lowest BCUT2D eigenvalue weighted by molar-refractivity contribution is -0.128. The van der Waals surface area contributed by atoms with Crippen LogP contribution in [-0.2, 0) is 4.79 Å². The predicted molar refractivity (Wildman–Crippen MR) is 80.9 cm³/mol. The van der Waals surface area contributed by atoms with Crippen LogP contribution in [0.2, 0.25) is 0 Å². The van der Waals surface area contributed by atoms with Crippen LogP contribution in [0, 0.1) is 11.3 Å². The number of hydrogen-bond donors (Lipinski definition) is 1. The van der Waals surface area contributed by atoms with Crippen molar-refractivity contribution in [3.05, 3.63) is 29.3 Å². The van der Waals surface area contributed by atoms with Gasteiger partial charge in [-0.25, -0.2) is 0 Å². The van der Waals surface area contributed by atoms with Gasteiger partial charge >= 0.3 is 0 Å². The van der Waals surface area contributed by atoms with Gasteiger partial charge in [0.25, 0.3) is 0 Å². The van der Waals surface area contributed by atoms with E-state index in [0.29, 0.717) is 5.56 Å². The molecule has 1 atom stereocenters. The van der Waals surface area contributed by atoms with E-state index in [-0.39, 0.29) is 12.5 Å². The average molecular weight is 287 g/mol. The van der Waals surface area contributed by atoms with Crippen LogP contribution in [0.25, 0.3) is 0 Å². The summed E-state index contributed by atoms with van der Waals surface area (Å²) >= 11 is 0. The summed E-state index contributed by atoms with van der Waals surface area (Å²) in [6, 6.07) is 7.24. The molecule has 0 aromatic heterocycles. The Morgan fingerprint density at radius 3 is 2.71 bits per heavy atom. The van der Waals surface area contributed by atoms with E-state index in [9.17, 15) is 9.90 Å². The van der Waals surface area contributed by atoms with Gasteiger partial charge in [-0.05, 0) is 31.9 Å². The normalized spacial score (nSPS) is 15.6. The van der Waals surface area contributed by atoms with E-state index >= 15 is 0 Å². The molecule has 2 rings (SSSR count). The molecule has 0 saturated carbocycles. The Balaban J connectivity index is 2.18. The number of likely N-dealkylation sites (N-methyl/N-ethyl adjacent to an activating group) is 1. The fourth-order valence-corrected chi connectivity index (χ4v) is 2.65. The minimum atomic E-state index is -0.642. The number of anilines is 1. The average Bonchev–Trinajstić information content (AvgIpc) is 3.00. The highest BCUT2D eigenvalue weighted by Gasteiger charge is 2.21. The van der Waals surface area contributed by atoms with E-state index in [1.165, 1.54) is 0 Å². The van der Waals surface area contributed by atoms with Crippen molar-refractivity contribution in [3.8, 4) is 6.07 Å². The van der Waals surface area contributed by atoms with Gasteiger partial charge in [-0.2, -0.15) is 5.26 Å². The first kappa shape index (κ1) is 15.3. The van der Waals surface area contributed by atoms with Gasteiger partial charge in [0.05, 0.1) is 24.3 Å². The molecule has 0 spiro atoms. The van der Waals surface area contributed by atoms with Crippen LogP contribution in [0.3, 0.4) is 0 Å². The predicted octanol–water partition coefficient (Wildman–Crippen LogP) is 1.67. The van der Waals surface area contributed by atoms with E-state index in [1.54, 1.807) is 25.1 Å². The molecule has 1 saturated heterocycles. The van der Waals surface area contributed by atoms with Gasteiger partial charge in [-0.1, -0.05) is 6.07 Å². The Bertz CT molecular complexity index is 557. The van der Waals surface area contributed by atoms with Crippen LogP contribution in [0.5, 0.6) is 0 Å². The van der Waals surface area contributed by atoms with Crippen molar-refractivity contribution in [2.75, 3.05) is 31.6 Å². The van der Waals surface area contributed by atoms with E-state index < -0.39 is 6.10 Å². The number of hydrogen-bond acceptors (Lipinski definition) is 4. The fourth-order valence-electron chi connectivity index (χ4n) is 2.65. The topological polar surface area (TPSA) is 67.6 Å². The van der Waals surface area contributed by atoms with Crippen molar-refractivity contribution >= 4 is 11.6 Å². The van der Waals surface area contributed by atoms with Crippen LogP contribution in [0.15, 0.2) is 18.2 Å². The number of nitriles is 1. The molecule has 112 valence electrons. The maximum atomic E-state index is 12.2. The number of carbonyl (C=O) groups is 1. The minimum Gasteiger partial charge on any atom is -0.389 e. The quantitative estimate of drug-likeness (QED) is 0.914. The number of aliphatic hydroxyl groups is 1. The summed E-state index contributed by atoms with van der Waals surface area (Å²) in [5.74, 6) is 0.0916.